The summed E-state index contributed by atoms with van der Waals surface area (Å²) in [7, 11) is 0. The van der Waals surface area contributed by atoms with Crippen molar-refractivity contribution in [3.05, 3.63) is 58.4 Å². The molecule has 0 aliphatic carbocycles. The van der Waals surface area contributed by atoms with Crippen LogP contribution in [0.3, 0.4) is 0 Å². The minimum Gasteiger partial charge on any atom is -0.506 e. The number of rotatable bonds is 3. The van der Waals surface area contributed by atoms with Crippen molar-refractivity contribution in [1.82, 2.24) is 10.3 Å². The molecule has 0 aliphatic rings. The Kier molecular flexibility index (Phi) is 4.14. The van der Waals surface area contributed by atoms with E-state index in [1.165, 1.54) is 18.3 Å². The summed E-state index contributed by atoms with van der Waals surface area (Å²) in [5.74, 6) is -2.66. The largest absolute Gasteiger partial charge is 0.506 e. The SMILES string of the molecule is O=C(NCc1ncccc1F)c1cc(F)cc(Cl)c1O. The van der Waals surface area contributed by atoms with Crippen molar-refractivity contribution in [2.75, 3.05) is 0 Å². The van der Waals surface area contributed by atoms with Gasteiger partial charge in [-0.05, 0) is 24.3 Å². The van der Waals surface area contributed by atoms with Crippen molar-refractivity contribution in [3.63, 3.8) is 0 Å². The number of pyridine rings is 1. The number of phenolic OH excluding ortho intramolecular Hbond substituents is 1. The minimum absolute atomic E-state index is 0.0304. The third kappa shape index (κ3) is 3.03. The number of nitrogens with one attached hydrogen (secondary N) is 1. The lowest BCUT2D eigenvalue weighted by atomic mass is 10.1. The van der Waals surface area contributed by atoms with Crippen LogP contribution in [0.5, 0.6) is 5.75 Å². The molecule has 1 aromatic heterocycles. The van der Waals surface area contributed by atoms with E-state index in [1.807, 2.05) is 0 Å². The molecule has 4 nitrogen and oxygen atoms in total. The fourth-order valence-corrected chi connectivity index (χ4v) is 1.75. The molecule has 7 heteroatoms. The maximum atomic E-state index is 13.3. The van der Waals surface area contributed by atoms with Gasteiger partial charge in [0.2, 0.25) is 0 Å². The molecule has 0 saturated carbocycles. The number of amides is 1. The number of halogens is 3. The highest BCUT2D eigenvalue weighted by Crippen LogP contribution is 2.28. The van der Waals surface area contributed by atoms with E-state index in [4.69, 9.17) is 11.6 Å². The molecule has 0 unspecified atom stereocenters. The van der Waals surface area contributed by atoms with Crippen LogP contribution >= 0.6 is 11.6 Å². The highest BCUT2D eigenvalue weighted by atomic mass is 35.5. The van der Waals surface area contributed by atoms with Crippen molar-refractivity contribution in [1.29, 1.82) is 0 Å². The molecule has 2 aromatic rings. The first kappa shape index (κ1) is 14.2. The smallest absolute Gasteiger partial charge is 0.255 e. The number of phenols is 1. The molecule has 0 radical (unpaired) electrons. The predicted molar refractivity (Wildman–Crippen MR) is 68.4 cm³/mol. The number of hydrogen-bond donors (Lipinski definition) is 2. The van der Waals surface area contributed by atoms with Crippen LogP contribution in [0.25, 0.3) is 0 Å². The predicted octanol–water partition coefficient (Wildman–Crippen LogP) is 2.65. The van der Waals surface area contributed by atoms with Crippen LogP contribution in [0, 0.1) is 11.6 Å². The van der Waals surface area contributed by atoms with E-state index in [-0.39, 0.29) is 22.8 Å². The summed E-state index contributed by atoms with van der Waals surface area (Å²) in [6.07, 6.45) is 1.38. The number of aromatic nitrogens is 1. The first-order chi connectivity index (χ1) is 9.49. The van der Waals surface area contributed by atoms with Crippen LogP contribution in [-0.2, 0) is 6.54 Å². The molecule has 0 spiro atoms. The van der Waals surface area contributed by atoms with Gasteiger partial charge in [0.25, 0.3) is 5.91 Å². The second-order valence-electron chi connectivity index (χ2n) is 3.90. The topological polar surface area (TPSA) is 62.2 Å². The van der Waals surface area contributed by atoms with Gasteiger partial charge in [-0.2, -0.15) is 0 Å². The van der Waals surface area contributed by atoms with Gasteiger partial charge < -0.3 is 10.4 Å². The van der Waals surface area contributed by atoms with E-state index < -0.39 is 23.3 Å². The lowest BCUT2D eigenvalue weighted by Gasteiger charge is -2.08. The van der Waals surface area contributed by atoms with E-state index in [2.05, 4.69) is 10.3 Å². The fourth-order valence-electron chi connectivity index (χ4n) is 1.55. The molecule has 0 fully saturated rings. The number of carbonyl (C=O) groups is 1. The Hall–Kier alpha value is -2.21. The Morgan fingerprint density at radius 2 is 2.15 bits per heavy atom. The third-order valence-electron chi connectivity index (χ3n) is 2.52. The summed E-state index contributed by atoms with van der Waals surface area (Å²) in [4.78, 5) is 15.6. The lowest BCUT2D eigenvalue weighted by Crippen LogP contribution is -2.24. The Morgan fingerprint density at radius 3 is 2.85 bits per heavy atom. The molecule has 20 heavy (non-hydrogen) atoms. The summed E-state index contributed by atoms with van der Waals surface area (Å²) in [6, 6.07) is 4.33. The monoisotopic (exact) mass is 298 g/mol. The Bertz CT molecular complexity index is 665. The van der Waals surface area contributed by atoms with E-state index in [1.54, 1.807) is 0 Å². The van der Waals surface area contributed by atoms with Gasteiger partial charge in [0.1, 0.15) is 17.4 Å². The number of benzene rings is 1. The number of carbonyl (C=O) groups excluding carboxylic acids is 1. The van der Waals surface area contributed by atoms with Gasteiger partial charge in [0.05, 0.1) is 22.8 Å². The Morgan fingerprint density at radius 1 is 1.40 bits per heavy atom. The van der Waals surface area contributed by atoms with E-state index in [0.29, 0.717) is 0 Å². The highest BCUT2D eigenvalue weighted by molar-refractivity contribution is 6.32. The zero-order valence-corrected chi connectivity index (χ0v) is 10.8. The number of nitrogens with zero attached hydrogens (tertiary/aromatic N) is 1. The number of hydrogen-bond acceptors (Lipinski definition) is 3. The molecule has 0 bridgehead atoms. The number of aromatic hydroxyl groups is 1. The molecule has 0 atom stereocenters. The van der Waals surface area contributed by atoms with Gasteiger partial charge in [0, 0.05) is 6.20 Å². The van der Waals surface area contributed by atoms with Crippen molar-refractivity contribution in [2.24, 2.45) is 0 Å². The zero-order chi connectivity index (χ0) is 14.7. The Labute approximate surface area is 118 Å². The summed E-state index contributed by atoms with van der Waals surface area (Å²) in [5.41, 5.74) is -0.297. The second-order valence-corrected chi connectivity index (χ2v) is 4.31. The van der Waals surface area contributed by atoms with Crippen molar-refractivity contribution >= 4 is 17.5 Å². The van der Waals surface area contributed by atoms with Crippen LogP contribution in [0.15, 0.2) is 30.5 Å². The van der Waals surface area contributed by atoms with Gasteiger partial charge in [-0.1, -0.05) is 11.6 Å². The van der Waals surface area contributed by atoms with Crippen LogP contribution < -0.4 is 5.32 Å². The first-order valence-corrected chi connectivity index (χ1v) is 5.92. The summed E-state index contributed by atoms with van der Waals surface area (Å²) in [5, 5.41) is 11.6. The molecular weight excluding hydrogens is 290 g/mol. The van der Waals surface area contributed by atoms with Crippen molar-refractivity contribution < 1.29 is 18.7 Å². The fraction of sp³-hybridized carbons (Fsp3) is 0.0769. The van der Waals surface area contributed by atoms with Crippen LogP contribution in [0.2, 0.25) is 5.02 Å². The average molecular weight is 299 g/mol. The molecule has 1 heterocycles. The van der Waals surface area contributed by atoms with Crippen molar-refractivity contribution in [3.8, 4) is 5.75 Å². The van der Waals surface area contributed by atoms with E-state index in [0.717, 1.165) is 12.1 Å². The maximum Gasteiger partial charge on any atom is 0.255 e. The molecule has 1 aromatic carbocycles. The summed E-state index contributed by atoms with van der Waals surface area (Å²) < 4.78 is 26.5. The normalized spacial score (nSPS) is 10.3. The molecule has 2 N–H and O–H groups in total. The van der Waals surface area contributed by atoms with Gasteiger partial charge in [-0.25, -0.2) is 8.78 Å². The minimum atomic E-state index is -0.783. The second kappa shape index (κ2) is 5.83. The lowest BCUT2D eigenvalue weighted by molar-refractivity contribution is 0.0947. The Balaban J connectivity index is 2.15. The van der Waals surface area contributed by atoms with E-state index >= 15 is 0 Å². The van der Waals surface area contributed by atoms with E-state index in [9.17, 15) is 18.7 Å². The molecular formula is C13H9ClF2N2O2. The standard InChI is InChI=1S/C13H9ClF2N2O2/c14-9-5-7(15)4-8(12(9)19)13(20)18-6-11-10(16)2-1-3-17-11/h1-5,19H,6H2,(H,18,20). The molecule has 1 amide bonds. The van der Waals surface area contributed by atoms with Gasteiger partial charge in [-0.3, -0.25) is 9.78 Å². The molecule has 2 rings (SSSR count). The zero-order valence-electron chi connectivity index (χ0n) is 10.0. The third-order valence-corrected chi connectivity index (χ3v) is 2.81. The van der Waals surface area contributed by atoms with Crippen molar-refractivity contribution in [2.45, 2.75) is 6.54 Å². The highest BCUT2D eigenvalue weighted by Gasteiger charge is 2.16. The van der Waals surface area contributed by atoms with Crippen LogP contribution in [-0.4, -0.2) is 16.0 Å². The first-order valence-electron chi connectivity index (χ1n) is 5.54. The average Bonchev–Trinajstić information content (AvgIpc) is 2.41. The van der Waals surface area contributed by atoms with Gasteiger partial charge >= 0.3 is 0 Å². The maximum absolute atomic E-state index is 13.3. The van der Waals surface area contributed by atoms with Crippen LogP contribution in [0.4, 0.5) is 8.78 Å². The van der Waals surface area contributed by atoms with Gasteiger partial charge in [0.15, 0.2) is 0 Å². The summed E-state index contributed by atoms with van der Waals surface area (Å²) >= 11 is 5.56. The molecule has 104 valence electrons. The van der Waals surface area contributed by atoms with Crippen LogP contribution in [0.1, 0.15) is 16.1 Å². The van der Waals surface area contributed by atoms with Gasteiger partial charge in [-0.15, -0.1) is 0 Å². The summed E-state index contributed by atoms with van der Waals surface area (Å²) in [6.45, 7) is -0.195. The molecule has 0 saturated heterocycles. The molecule has 0 aliphatic heterocycles. The quantitative estimate of drug-likeness (QED) is 0.916.